The molecule has 0 atom stereocenters. The highest BCUT2D eigenvalue weighted by atomic mass is 32.1. The maximum atomic E-state index is 11.7. The molecule has 0 aliphatic carbocycles. The van der Waals surface area contributed by atoms with E-state index in [-0.39, 0.29) is 11.5 Å². The zero-order chi connectivity index (χ0) is 13.0. The summed E-state index contributed by atoms with van der Waals surface area (Å²) in [4.78, 5) is 29.2. The molecule has 2 heterocycles. The third kappa shape index (κ3) is 3.14. The minimum atomic E-state index is -0.303. The monoisotopic (exact) mass is 266 g/mol. The van der Waals surface area contributed by atoms with Crippen molar-refractivity contribution in [1.29, 1.82) is 0 Å². The molecule has 2 aromatic heterocycles. The molecule has 0 aliphatic heterocycles. The average molecular weight is 266 g/mol. The number of carbonyl (C=O) groups is 1. The third-order valence-electron chi connectivity index (χ3n) is 2.43. The predicted molar refractivity (Wildman–Crippen MR) is 70.4 cm³/mol. The predicted octanol–water partition coefficient (Wildman–Crippen LogP) is 0.340. The second-order valence-corrected chi connectivity index (χ2v) is 4.81. The van der Waals surface area contributed by atoms with Crippen LogP contribution in [0.2, 0.25) is 0 Å². The Morgan fingerprint density at radius 3 is 3.17 bits per heavy atom. The van der Waals surface area contributed by atoms with E-state index in [9.17, 15) is 9.59 Å². The summed E-state index contributed by atoms with van der Waals surface area (Å²) in [6.07, 6.45) is 1.04. The Bertz CT molecular complexity index is 604. The van der Waals surface area contributed by atoms with E-state index in [4.69, 9.17) is 5.73 Å². The second kappa shape index (κ2) is 5.74. The van der Waals surface area contributed by atoms with Gasteiger partial charge in [-0.15, -0.1) is 11.3 Å². The number of nitrogens with two attached hydrogens (primary N) is 1. The number of primary amides is 1. The van der Waals surface area contributed by atoms with Crippen molar-refractivity contribution in [3.8, 4) is 0 Å². The summed E-state index contributed by atoms with van der Waals surface area (Å²) in [5.41, 5.74) is 5.64. The van der Waals surface area contributed by atoms with Crippen molar-refractivity contribution in [2.24, 2.45) is 5.73 Å². The van der Waals surface area contributed by atoms with Gasteiger partial charge in [0, 0.05) is 6.42 Å². The van der Waals surface area contributed by atoms with E-state index >= 15 is 0 Å². The maximum Gasteiger partial charge on any atom is 0.268 e. The standard InChI is InChI=1S/C11H14N4O2S/c12-8(16)2-1-4-13-6-9-14-7-3-5-18-10(7)11(17)15-9/h3,5,13H,1-2,4,6H2,(H2,12,16)(H,14,15,17). The Morgan fingerprint density at radius 1 is 1.56 bits per heavy atom. The van der Waals surface area contributed by atoms with E-state index < -0.39 is 0 Å². The van der Waals surface area contributed by atoms with Crippen LogP contribution in [0.4, 0.5) is 0 Å². The molecular weight excluding hydrogens is 252 g/mol. The number of rotatable bonds is 6. The molecule has 4 N–H and O–H groups in total. The lowest BCUT2D eigenvalue weighted by molar-refractivity contribution is -0.118. The Morgan fingerprint density at radius 2 is 2.39 bits per heavy atom. The highest BCUT2D eigenvalue weighted by Crippen LogP contribution is 2.13. The second-order valence-electron chi connectivity index (χ2n) is 3.89. The van der Waals surface area contributed by atoms with Gasteiger partial charge < -0.3 is 16.0 Å². The van der Waals surface area contributed by atoms with Crippen LogP contribution in [0.5, 0.6) is 0 Å². The summed E-state index contributed by atoms with van der Waals surface area (Å²) in [6, 6.07) is 1.83. The number of fused-ring (bicyclic) bond motifs is 1. The fourth-order valence-electron chi connectivity index (χ4n) is 1.60. The van der Waals surface area contributed by atoms with Crippen molar-refractivity contribution in [3.63, 3.8) is 0 Å². The number of hydrogen-bond acceptors (Lipinski definition) is 5. The van der Waals surface area contributed by atoms with Gasteiger partial charge in [0.05, 0.1) is 12.1 Å². The van der Waals surface area contributed by atoms with Crippen molar-refractivity contribution in [1.82, 2.24) is 15.3 Å². The first-order valence-electron chi connectivity index (χ1n) is 5.62. The van der Waals surface area contributed by atoms with Crippen molar-refractivity contribution >= 4 is 27.5 Å². The minimum Gasteiger partial charge on any atom is -0.370 e. The smallest absolute Gasteiger partial charge is 0.268 e. The first-order valence-corrected chi connectivity index (χ1v) is 6.50. The number of carbonyl (C=O) groups excluding carboxylic acids is 1. The highest BCUT2D eigenvalue weighted by molar-refractivity contribution is 7.17. The van der Waals surface area contributed by atoms with Gasteiger partial charge in [0.1, 0.15) is 10.5 Å². The molecule has 1 amide bonds. The molecule has 7 heteroatoms. The van der Waals surface area contributed by atoms with Gasteiger partial charge in [-0.2, -0.15) is 0 Å². The van der Waals surface area contributed by atoms with E-state index in [0.717, 1.165) is 5.52 Å². The largest absolute Gasteiger partial charge is 0.370 e. The summed E-state index contributed by atoms with van der Waals surface area (Å²) in [5.74, 6) is 0.299. The van der Waals surface area contributed by atoms with Crippen LogP contribution in [0, 0.1) is 0 Å². The number of nitrogens with zero attached hydrogens (tertiary/aromatic N) is 1. The van der Waals surface area contributed by atoms with Gasteiger partial charge in [-0.3, -0.25) is 9.59 Å². The Labute approximate surface area is 107 Å². The van der Waals surface area contributed by atoms with Crippen LogP contribution in [0.15, 0.2) is 16.2 Å². The highest BCUT2D eigenvalue weighted by Gasteiger charge is 2.04. The first-order chi connectivity index (χ1) is 8.66. The van der Waals surface area contributed by atoms with Gasteiger partial charge in [0.15, 0.2) is 0 Å². The Kier molecular flexibility index (Phi) is 4.06. The maximum absolute atomic E-state index is 11.7. The van der Waals surface area contributed by atoms with Crippen LogP contribution in [0.3, 0.4) is 0 Å². The number of aromatic nitrogens is 2. The van der Waals surface area contributed by atoms with E-state index in [2.05, 4.69) is 15.3 Å². The van der Waals surface area contributed by atoms with E-state index in [1.807, 2.05) is 11.4 Å². The zero-order valence-corrected chi connectivity index (χ0v) is 10.5. The molecule has 0 bridgehead atoms. The molecule has 0 aromatic carbocycles. The van der Waals surface area contributed by atoms with E-state index in [1.165, 1.54) is 11.3 Å². The molecule has 0 aliphatic rings. The van der Waals surface area contributed by atoms with Gasteiger partial charge in [0.25, 0.3) is 5.56 Å². The molecule has 2 rings (SSSR count). The molecule has 0 saturated heterocycles. The number of H-pyrrole nitrogens is 1. The third-order valence-corrected chi connectivity index (χ3v) is 3.34. The molecule has 0 saturated carbocycles. The number of hydrogen-bond donors (Lipinski definition) is 3. The van der Waals surface area contributed by atoms with Crippen LogP contribution in [0.1, 0.15) is 18.7 Å². The quantitative estimate of drug-likeness (QED) is 0.656. The number of aromatic amines is 1. The molecule has 2 aromatic rings. The molecule has 0 spiro atoms. The fourth-order valence-corrected chi connectivity index (χ4v) is 2.33. The lowest BCUT2D eigenvalue weighted by Crippen LogP contribution is -2.21. The lowest BCUT2D eigenvalue weighted by atomic mass is 10.3. The summed E-state index contributed by atoms with van der Waals surface area (Å²) in [7, 11) is 0. The molecule has 6 nitrogen and oxygen atoms in total. The van der Waals surface area contributed by atoms with Crippen molar-refractivity contribution in [2.75, 3.05) is 6.54 Å². The molecule has 96 valence electrons. The fraction of sp³-hybridized carbons (Fsp3) is 0.364. The zero-order valence-electron chi connectivity index (χ0n) is 9.73. The lowest BCUT2D eigenvalue weighted by Gasteiger charge is -2.03. The SMILES string of the molecule is NC(=O)CCCNCc1nc2ccsc2c(=O)[nH]1. The van der Waals surface area contributed by atoms with Crippen molar-refractivity contribution in [3.05, 3.63) is 27.6 Å². The van der Waals surface area contributed by atoms with Crippen molar-refractivity contribution < 1.29 is 4.79 Å². The van der Waals surface area contributed by atoms with Gasteiger partial charge in [0.2, 0.25) is 5.91 Å². The van der Waals surface area contributed by atoms with E-state index in [1.54, 1.807) is 0 Å². The van der Waals surface area contributed by atoms with Gasteiger partial charge in [-0.1, -0.05) is 0 Å². The molecule has 0 unspecified atom stereocenters. The Hall–Kier alpha value is -1.73. The Balaban J connectivity index is 1.91. The first kappa shape index (κ1) is 12.7. The molecule has 18 heavy (non-hydrogen) atoms. The summed E-state index contributed by atoms with van der Waals surface area (Å²) in [5, 5.41) is 4.95. The number of nitrogens with one attached hydrogen (secondary N) is 2. The number of amides is 1. The topological polar surface area (TPSA) is 101 Å². The van der Waals surface area contributed by atoms with Crippen LogP contribution in [0.25, 0.3) is 10.2 Å². The van der Waals surface area contributed by atoms with Gasteiger partial charge >= 0.3 is 0 Å². The average Bonchev–Trinajstić information content (AvgIpc) is 2.77. The molecule has 0 fully saturated rings. The normalized spacial score (nSPS) is 10.9. The van der Waals surface area contributed by atoms with E-state index in [0.29, 0.717) is 36.5 Å². The van der Waals surface area contributed by atoms with Gasteiger partial charge in [-0.05, 0) is 24.4 Å². The number of thiophene rings is 1. The van der Waals surface area contributed by atoms with Crippen LogP contribution in [-0.4, -0.2) is 22.4 Å². The van der Waals surface area contributed by atoms with Gasteiger partial charge in [-0.25, -0.2) is 4.98 Å². The minimum absolute atomic E-state index is 0.107. The summed E-state index contributed by atoms with van der Waals surface area (Å²) >= 11 is 1.38. The summed E-state index contributed by atoms with van der Waals surface area (Å²) in [6.45, 7) is 1.13. The van der Waals surface area contributed by atoms with Crippen LogP contribution >= 0.6 is 11.3 Å². The molecular formula is C11H14N4O2S. The van der Waals surface area contributed by atoms with Crippen molar-refractivity contribution in [2.45, 2.75) is 19.4 Å². The van der Waals surface area contributed by atoms with Crippen LogP contribution in [-0.2, 0) is 11.3 Å². The van der Waals surface area contributed by atoms with Crippen LogP contribution < -0.4 is 16.6 Å². The summed E-state index contributed by atoms with van der Waals surface area (Å²) < 4.78 is 0.646. The molecule has 0 radical (unpaired) electrons.